The first kappa shape index (κ1) is 28.8. The van der Waals surface area contributed by atoms with Gasteiger partial charge < -0.3 is 25.8 Å². The van der Waals surface area contributed by atoms with Crippen molar-refractivity contribution in [2.75, 3.05) is 5.73 Å². The van der Waals surface area contributed by atoms with E-state index in [4.69, 9.17) is 15.2 Å². The van der Waals surface area contributed by atoms with Gasteiger partial charge in [-0.3, -0.25) is 9.59 Å². The zero-order chi connectivity index (χ0) is 28.4. The summed E-state index contributed by atoms with van der Waals surface area (Å²) in [6.45, 7) is 0.912. The first-order valence-corrected chi connectivity index (χ1v) is 14.8. The molecule has 2 aromatic carbocycles. The van der Waals surface area contributed by atoms with Crippen LogP contribution in [0.3, 0.4) is 0 Å². The second kappa shape index (κ2) is 14.3. The maximum Gasteiger partial charge on any atom is 0.269 e. The van der Waals surface area contributed by atoms with Gasteiger partial charge in [0.2, 0.25) is 5.91 Å². The number of ether oxygens (including phenoxy) is 2. The van der Waals surface area contributed by atoms with Gasteiger partial charge in [-0.1, -0.05) is 86.3 Å². The molecule has 0 spiro atoms. The van der Waals surface area contributed by atoms with Crippen molar-refractivity contribution in [3.8, 4) is 0 Å². The lowest BCUT2D eigenvalue weighted by Crippen LogP contribution is -2.48. The van der Waals surface area contributed by atoms with Crippen LogP contribution in [-0.4, -0.2) is 45.9 Å². The summed E-state index contributed by atoms with van der Waals surface area (Å²) in [4.78, 5) is 26.5. The van der Waals surface area contributed by atoms with Crippen LogP contribution < -0.4 is 16.4 Å². The van der Waals surface area contributed by atoms with Crippen LogP contribution in [0.15, 0.2) is 66.7 Å². The standard InChI is InChI=1S/C32H41N5O4/c33-30-19-27(32(39)35-26-16-8-10-18-29(26)41-22-24-13-5-2-6-14-24)37(36-30)20-31(38)34-25-15-7-9-17-28(25)40-21-23-11-3-1-4-12-23/h1-6,11-14,19,25-26,28-29H,7-10,15-18,20-22H2,(H2,33,36)(H,34,38)(H,35,39)/t25-,26+,28-,29+/m1/s1. The molecule has 4 atom stereocenters. The van der Waals surface area contributed by atoms with E-state index in [1.807, 2.05) is 60.7 Å². The van der Waals surface area contributed by atoms with Gasteiger partial charge in [0.05, 0.1) is 37.5 Å². The number of anilines is 1. The normalized spacial score (nSPS) is 22.6. The summed E-state index contributed by atoms with van der Waals surface area (Å²) in [5.41, 5.74) is 8.46. The van der Waals surface area contributed by atoms with Crippen molar-refractivity contribution in [1.29, 1.82) is 0 Å². The SMILES string of the molecule is Nc1cc(C(=O)N[C@H]2CCCC[C@@H]2OCc2ccccc2)n(CC(=O)N[C@@H]2CCCC[C@H]2OCc2ccccc2)n1. The van der Waals surface area contributed by atoms with Crippen molar-refractivity contribution < 1.29 is 19.1 Å². The van der Waals surface area contributed by atoms with Crippen LogP contribution in [-0.2, 0) is 34.0 Å². The Morgan fingerprint density at radius 1 is 0.780 bits per heavy atom. The second-order valence-electron chi connectivity index (χ2n) is 11.1. The average Bonchev–Trinajstić information content (AvgIpc) is 3.37. The third-order valence-corrected chi connectivity index (χ3v) is 8.01. The molecular weight excluding hydrogens is 518 g/mol. The molecule has 0 saturated heterocycles. The van der Waals surface area contributed by atoms with Crippen molar-refractivity contribution in [2.45, 2.75) is 95.4 Å². The predicted molar refractivity (Wildman–Crippen MR) is 157 cm³/mol. The zero-order valence-corrected chi connectivity index (χ0v) is 23.5. The molecule has 0 radical (unpaired) electrons. The number of hydrogen-bond donors (Lipinski definition) is 3. The minimum Gasteiger partial charge on any atom is -0.382 e. The predicted octanol–water partition coefficient (Wildman–Crippen LogP) is 4.37. The molecule has 2 aliphatic rings. The largest absolute Gasteiger partial charge is 0.382 e. The van der Waals surface area contributed by atoms with E-state index in [2.05, 4.69) is 15.7 Å². The van der Waals surface area contributed by atoms with Crippen LogP contribution in [0.5, 0.6) is 0 Å². The minimum absolute atomic E-state index is 0.0579. The summed E-state index contributed by atoms with van der Waals surface area (Å²) in [6.07, 6.45) is 7.53. The Morgan fingerprint density at radius 3 is 1.85 bits per heavy atom. The number of carbonyl (C=O) groups is 2. The molecule has 9 nitrogen and oxygen atoms in total. The van der Waals surface area contributed by atoms with E-state index in [1.54, 1.807) is 0 Å². The van der Waals surface area contributed by atoms with Gasteiger partial charge in [-0.05, 0) is 36.8 Å². The van der Waals surface area contributed by atoms with Crippen LogP contribution in [0.25, 0.3) is 0 Å². The lowest BCUT2D eigenvalue weighted by Gasteiger charge is -2.32. The summed E-state index contributed by atoms with van der Waals surface area (Å²) in [5.74, 6) is -0.321. The summed E-state index contributed by atoms with van der Waals surface area (Å²) < 4.78 is 13.8. The number of nitrogens with zero attached hydrogens (tertiary/aromatic N) is 2. The number of nitrogen functional groups attached to an aromatic ring is 1. The van der Waals surface area contributed by atoms with Gasteiger partial charge in [-0.2, -0.15) is 5.10 Å². The summed E-state index contributed by atoms with van der Waals surface area (Å²) in [5, 5.41) is 10.5. The van der Waals surface area contributed by atoms with Crippen molar-refractivity contribution in [1.82, 2.24) is 20.4 Å². The van der Waals surface area contributed by atoms with Crippen LogP contribution >= 0.6 is 0 Å². The first-order valence-electron chi connectivity index (χ1n) is 14.8. The third-order valence-electron chi connectivity index (χ3n) is 8.01. The van der Waals surface area contributed by atoms with Crippen molar-refractivity contribution in [2.24, 2.45) is 0 Å². The van der Waals surface area contributed by atoms with E-state index in [-0.39, 0.29) is 54.2 Å². The lowest BCUT2D eigenvalue weighted by atomic mass is 9.92. The molecule has 5 rings (SSSR count). The molecule has 4 N–H and O–H groups in total. The highest BCUT2D eigenvalue weighted by atomic mass is 16.5. The Hall–Kier alpha value is -3.69. The Kier molecular flexibility index (Phi) is 10.0. The van der Waals surface area contributed by atoms with Gasteiger partial charge >= 0.3 is 0 Å². The zero-order valence-electron chi connectivity index (χ0n) is 23.5. The highest BCUT2D eigenvalue weighted by Gasteiger charge is 2.30. The van der Waals surface area contributed by atoms with Gasteiger partial charge in [0.1, 0.15) is 18.1 Å². The molecule has 2 saturated carbocycles. The maximum absolute atomic E-state index is 13.4. The fraction of sp³-hybridized carbons (Fsp3) is 0.469. The van der Waals surface area contributed by atoms with Gasteiger partial charge in [-0.15, -0.1) is 0 Å². The Labute approximate surface area is 241 Å². The molecule has 1 heterocycles. The van der Waals surface area contributed by atoms with Crippen LogP contribution in [0.1, 0.15) is 73.0 Å². The van der Waals surface area contributed by atoms with E-state index in [0.29, 0.717) is 13.2 Å². The lowest BCUT2D eigenvalue weighted by molar-refractivity contribution is -0.124. The minimum atomic E-state index is -0.302. The Balaban J connectivity index is 1.17. The van der Waals surface area contributed by atoms with Gasteiger partial charge in [0, 0.05) is 6.07 Å². The third kappa shape index (κ3) is 8.17. The topological polar surface area (TPSA) is 120 Å². The highest BCUT2D eigenvalue weighted by molar-refractivity contribution is 5.94. The number of hydrogen-bond acceptors (Lipinski definition) is 6. The Bertz CT molecular complexity index is 1270. The number of amides is 2. The van der Waals surface area contributed by atoms with Gasteiger partial charge in [0.25, 0.3) is 5.91 Å². The smallest absolute Gasteiger partial charge is 0.269 e. The monoisotopic (exact) mass is 559 g/mol. The number of benzene rings is 2. The number of carbonyl (C=O) groups excluding carboxylic acids is 2. The van der Waals surface area contributed by atoms with E-state index in [0.717, 1.165) is 62.5 Å². The van der Waals surface area contributed by atoms with E-state index in [9.17, 15) is 9.59 Å². The fourth-order valence-corrected chi connectivity index (χ4v) is 5.85. The number of rotatable bonds is 11. The van der Waals surface area contributed by atoms with Crippen molar-refractivity contribution in [3.63, 3.8) is 0 Å². The number of nitrogens with two attached hydrogens (primary N) is 1. The summed E-state index contributed by atoms with van der Waals surface area (Å²) in [7, 11) is 0. The van der Waals surface area contributed by atoms with Crippen molar-refractivity contribution >= 4 is 17.6 Å². The van der Waals surface area contributed by atoms with Crippen LogP contribution in [0.4, 0.5) is 5.82 Å². The van der Waals surface area contributed by atoms with Gasteiger partial charge in [-0.25, -0.2) is 4.68 Å². The summed E-state index contributed by atoms with van der Waals surface area (Å²) in [6, 6.07) is 21.4. The molecule has 2 amide bonds. The molecule has 2 aliphatic carbocycles. The van der Waals surface area contributed by atoms with Gasteiger partial charge in [0.15, 0.2) is 0 Å². The highest BCUT2D eigenvalue weighted by Crippen LogP contribution is 2.24. The molecule has 218 valence electrons. The average molecular weight is 560 g/mol. The molecule has 3 aromatic rings. The van der Waals surface area contributed by atoms with Crippen LogP contribution in [0, 0.1) is 0 Å². The first-order chi connectivity index (χ1) is 20.0. The quantitative estimate of drug-likeness (QED) is 0.321. The number of nitrogens with one attached hydrogen (secondary N) is 2. The van der Waals surface area contributed by atoms with E-state index >= 15 is 0 Å². The maximum atomic E-state index is 13.4. The molecule has 9 heteroatoms. The second-order valence-corrected chi connectivity index (χ2v) is 11.1. The fourth-order valence-electron chi connectivity index (χ4n) is 5.85. The summed E-state index contributed by atoms with van der Waals surface area (Å²) >= 11 is 0. The van der Waals surface area contributed by atoms with Crippen LogP contribution in [0.2, 0.25) is 0 Å². The molecule has 1 aromatic heterocycles. The molecule has 2 fully saturated rings. The molecular formula is C32H41N5O4. The number of aromatic nitrogens is 2. The molecule has 0 unspecified atom stereocenters. The van der Waals surface area contributed by atoms with E-state index in [1.165, 1.54) is 10.7 Å². The Morgan fingerprint density at radius 2 is 1.29 bits per heavy atom. The molecule has 41 heavy (non-hydrogen) atoms. The van der Waals surface area contributed by atoms with E-state index < -0.39 is 0 Å². The molecule has 0 aliphatic heterocycles. The molecule has 0 bridgehead atoms. The van der Waals surface area contributed by atoms with Crippen molar-refractivity contribution in [3.05, 3.63) is 83.6 Å².